The Morgan fingerprint density at radius 1 is 1.35 bits per heavy atom. The van der Waals surface area contributed by atoms with Gasteiger partial charge < -0.3 is 15.3 Å². The Morgan fingerprint density at radius 3 is 2.71 bits per heavy atom. The van der Waals surface area contributed by atoms with Crippen LogP contribution in [0.4, 0.5) is 11.6 Å². The van der Waals surface area contributed by atoms with Gasteiger partial charge in [-0.2, -0.15) is 0 Å². The minimum Gasteiger partial charge on any atom is -0.389 e. The standard InChI is InChI=1S/C12H20N4O/c1-12(2,17)8-13-10-7-11(15-9-14-10)16-5-3-4-6-16/h7,9,17H,3-6,8H2,1-2H3,(H,13,14,15). The average Bonchev–Trinajstić information content (AvgIpc) is 2.79. The number of anilines is 2. The van der Waals surface area contributed by atoms with Gasteiger partial charge in [0.25, 0.3) is 0 Å². The number of aliphatic hydroxyl groups is 1. The summed E-state index contributed by atoms with van der Waals surface area (Å²) in [7, 11) is 0. The van der Waals surface area contributed by atoms with Crippen molar-refractivity contribution in [3.63, 3.8) is 0 Å². The Hall–Kier alpha value is -1.36. The van der Waals surface area contributed by atoms with Gasteiger partial charge in [0.2, 0.25) is 0 Å². The van der Waals surface area contributed by atoms with Gasteiger partial charge in [0, 0.05) is 25.7 Å². The minimum atomic E-state index is -0.737. The molecule has 1 aliphatic rings. The van der Waals surface area contributed by atoms with Gasteiger partial charge >= 0.3 is 0 Å². The molecule has 1 fully saturated rings. The van der Waals surface area contributed by atoms with Crippen LogP contribution in [0, 0.1) is 0 Å². The zero-order valence-electron chi connectivity index (χ0n) is 10.5. The molecule has 5 heteroatoms. The van der Waals surface area contributed by atoms with Crippen LogP contribution in [0.25, 0.3) is 0 Å². The van der Waals surface area contributed by atoms with Gasteiger partial charge in [-0.25, -0.2) is 9.97 Å². The first kappa shape index (κ1) is 12.1. The van der Waals surface area contributed by atoms with E-state index in [1.807, 2.05) is 6.07 Å². The first-order valence-corrected chi connectivity index (χ1v) is 6.08. The van der Waals surface area contributed by atoms with Gasteiger partial charge in [0.05, 0.1) is 5.60 Å². The van der Waals surface area contributed by atoms with Gasteiger partial charge in [-0.15, -0.1) is 0 Å². The predicted molar refractivity (Wildman–Crippen MR) is 68.3 cm³/mol. The lowest BCUT2D eigenvalue weighted by Crippen LogP contribution is -2.29. The van der Waals surface area contributed by atoms with Gasteiger partial charge in [-0.1, -0.05) is 0 Å². The van der Waals surface area contributed by atoms with Crippen LogP contribution in [0.3, 0.4) is 0 Å². The van der Waals surface area contributed by atoms with Crippen LogP contribution >= 0.6 is 0 Å². The van der Waals surface area contributed by atoms with Crippen molar-refractivity contribution < 1.29 is 5.11 Å². The van der Waals surface area contributed by atoms with Crippen LogP contribution in [0.5, 0.6) is 0 Å². The molecule has 5 nitrogen and oxygen atoms in total. The molecule has 94 valence electrons. The monoisotopic (exact) mass is 236 g/mol. The number of aromatic nitrogens is 2. The van der Waals surface area contributed by atoms with E-state index >= 15 is 0 Å². The largest absolute Gasteiger partial charge is 0.389 e. The van der Waals surface area contributed by atoms with E-state index in [2.05, 4.69) is 20.2 Å². The summed E-state index contributed by atoms with van der Waals surface area (Å²) in [4.78, 5) is 10.7. The molecule has 0 spiro atoms. The molecule has 0 saturated carbocycles. The second-order valence-electron chi connectivity index (χ2n) is 5.12. The maximum atomic E-state index is 9.64. The lowest BCUT2D eigenvalue weighted by molar-refractivity contribution is 0.0944. The number of rotatable bonds is 4. The lowest BCUT2D eigenvalue weighted by Gasteiger charge is -2.20. The second kappa shape index (κ2) is 4.87. The Kier molecular flexibility index (Phi) is 3.47. The molecule has 1 saturated heterocycles. The van der Waals surface area contributed by atoms with E-state index in [4.69, 9.17) is 0 Å². The molecule has 0 radical (unpaired) electrons. The van der Waals surface area contributed by atoms with E-state index in [1.54, 1.807) is 20.2 Å². The van der Waals surface area contributed by atoms with Crippen molar-refractivity contribution in [1.82, 2.24) is 9.97 Å². The third-order valence-electron chi connectivity index (χ3n) is 2.78. The summed E-state index contributed by atoms with van der Waals surface area (Å²) < 4.78 is 0. The van der Waals surface area contributed by atoms with Crippen molar-refractivity contribution in [3.8, 4) is 0 Å². The van der Waals surface area contributed by atoms with Crippen LogP contribution in [-0.4, -0.2) is 40.3 Å². The predicted octanol–water partition coefficient (Wildman–Crippen LogP) is 1.26. The van der Waals surface area contributed by atoms with E-state index in [0.717, 1.165) is 24.7 Å². The van der Waals surface area contributed by atoms with Crippen molar-refractivity contribution in [2.75, 3.05) is 29.9 Å². The molecule has 1 aromatic rings. The van der Waals surface area contributed by atoms with Crippen molar-refractivity contribution in [2.24, 2.45) is 0 Å². The summed E-state index contributed by atoms with van der Waals surface area (Å²) in [6, 6.07) is 1.94. The molecule has 0 atom stereocenters. The Labute approximate surface area is 102 Å². The van der Waals surface area contributed by atoms with Crippen LogP contribution < -0.4 is 10.2 Å². The number of nitrogens with one attached hydrogen (secondary N) is 1. The van der Waals surface area contributed by atoms with Gasteiger partial charge in [0.15, 0.2) is 0 Å². The van der Waals surface area contributed by atoms with Gasteiger partial charge in [-0.05, 0) is 26.7 Å². The summed E-state index contributed by atoms with van der Waals surface area (Å²) in [5.41, 5.74) is -0.737. The van der Waals surface area contributed by atoms with Crippen molar-refractivity contribution in [3.05, 3.63) is 12.4 Å². The van der Waals surface area contributed by atoms with Crippen LogP contribution in [0.15, 0.2) is 12.4 Å². The minimum absolute atomic E-state index is 0.476. The Morgan fingerprint density at radius 2 is 2.06 bits per heavy atom. The van der Waals surface area contributed by atoms with E-state index in [1.165, 1.54) is 12.8 Å². The molecule has 2 N–H and O–H groups in total. The van der Waals surface area contributed by atoms with E-state index in [9.17, 15) is 5.11 Å². The first-order valence-electron chi connectivity index (χ1n) is 6.08. The fraction of sp³-hybridized carbons (Fsp3) is 0.667. The fourth-order valence-corrected chi connectivity index (χ4v) is 1.87. The smallest absolute Gasteiger partial charge is 0.134 e. The third kappa shape index (κ3) is 3.56. The average molecular weight is 236 g/mol. The number of hydrogen-bond donors (Lipinski definition) is 2. The molecule has 0 bridgehead atoms. The van der Waals surface area contributed by atoms with Gasteiger partial charge in [-0.3, -0.25) is 0 Å². The quantitative estimate of drug-likeness (QED) is 0.824. The topological polar surface area (TPSA) is 61.3 Å². The molecule has 1 aliphatic heterocycles. The summed E-state index contributed by atoms with van der Waals surface area (Å²) in [6.07, 6.45) is 4.03. The lowest BCUT2D eigenvalue weighted by atomic mass is 10.1. The normalized spacial score (nSPS) is 16.3. The molecule has 0 aromatic carbocycles. The number of hydrogen-bond acceptors (Lipinski definition) is 5. The zero-order valence-corrected chi connectivity index (χ0v) is 10.5. The molecule has 0 unspecified atom stereocenters. The fourth-order valence-electron chi connectivity index (χ4n) is 1.87. The highest BCUT2D eigenvalue weighted by Gasteiger charge is 2.15. The highest BCUT2D eigenvalue weighted by molar-refractivity contribution is 5.49. The van der Waals surface area contributed by atoms with E-state index in [0.29, 0.717) is 6.54 Å². The molecule has 2 heterocycles. The van der Waals surface area contributed by atoms with Crippen molar-refractivity contribution >= 4 is 11.6 Å². The molecular weight excluding hydrogens is 216 g/mol. The Bertz CT molecular complexity index is 369. The van der Waals surface area contributed by atoms with Gasteiger partial charge in [0.1, 0.15) is 18.0 Å². The number of nitrogens with zero attached hydrogens (tertiary/aromatic N) is 3. The van der Waals surface area contributed by atoms with Crippen molar-refractivity contribution in [2.45, 2.75) is 32.3 Å². The molecule has 17 heavy (non-hydrogen) atoms. The highest BCUT2D eigenvalue weighted by atomic mass is 16.3. The van der Waals surface area contributed by atoms with E-state index in [-0.39, 0.29) is 0 Å². The molecule has 0 aliphatic carbocycles. The van der Waals surface area contributed by atoms with Crippen molar-refractivity contribution in [1.29, 1.82) is 0 Å². The summed E-state index contributed by atoms with van der Waals surface area (Å²) in [5.74, 6) is 1.74. The maximum Gasteiger partial charge on any atom is 0.134 e. The van der Waals surface area contributed by atoms with Crippen LogP contribution in [-0.2, 0) is 0 Å². The van der Waals surface area contributed by atoms with E-state index < -0.39 is 5.60 Å². The second-order valence-corrected chi connectivity index (χ2v) is 5.12. The molecule has 1 aromatic heterocycles. The maximum absolute atomic E-state index is 9.64. The summed E-state index contributed by atoms with van der Waals surface area (Å²) in [6.45, 7) is 6.15. The van der Waals surface area contributed by atoms with Crippen LogP contribution in [0.1, 0.15) is 26.7 Å². The first-order chi connectivity index (χ1) is 8.04. The molecular formula is C12H20N4O. The summed E-state index contributed by atoms with van der Waals surface area (Å²) in [5, 5.41) is 12.8. The molecule has 2 rings (SSSR count). The zero-order chi connectivity index (χ0) is 12.3. The SMILES string of the molecule is CC(C)(O)CNc1cc(N2CCCC2)ncn1. The van der Waals surface area contributed by atoms with Crippen LogP contribution in [0.2, 0.25) is 0 Å². The summed E-state index contributed by atoms with van der Waals surface area (Å²) >= 11 is 0. The third-order valence-corrected chi connectivity index (χ3v) is 2.78. The molecule has 0 amide bonds. The Balaban J connectivity index is 2.01. The highest BCUT2D eigenvalue weighted by Crippen LogP contribution is 2.19.